The summed E-state index contributed by atoms with van der Waals surface area (Å²) in [6.45, 7) is 3.92. The predicted octanol–water partition coefficient (Wildman–Crippen LogP) is 4.34. The maximum absolute atomic E-state index is 13.2. The molecule has 0 aliphatic heterocycles. The molecule has 2 aromatic carbocycles. The Bertz CT molecular complexity index is 568. The van der Waals surface area contributed by atoms with E-state index in [0.29, 0.717) is 11.5 Å². The summed E-state index contributed by atoms with van der Waals surface area (Å²) < 4.78 is 18.9. The van der Waals surface area contributed by atoms with Gasteiger partial charge in [-0.05, 0) is 42.7 Å². The molecular formula is C16H18FNO. The average molecular weight is 259 g/mol. The van der Waals surface area contributed by atoms with Crippen LogP contribution in [0.4, 0.5) is 4.39 Å². The van der Waals surface area contributed by atoms with Crippen molar-refractivity contribution < 1.29 is 9.13 Å². The van der Waals surface area contributed by atoms with Gasteiger partial charge in [-0.1, -0.05) is 25.1 Å². The van der Waals surface area contributed by atoms with Crippen molar-refractivity contribution in [3.8, 4) is 11.5 Å². The molecule has 0 bridgehead atoms. The normalized spacial score (nSPS) is 12.2. The van der Waals surface area contributed by atoms with Gasteiger partial charge in [0.05, 0.1) is 0 Å². The van der Waals surface area contributed by atoms with E-state index in [1.807, 2.05) is 38.1 Å². The van der Waals surface area contributed by atoms with Gasteiger partial charge in [-0.25, -0.2) is 4.39 Å². The van der Waals surface area contributed by atoms with E-state index in [-0.39, 0.29) is 11.9 Å². The van der Waals surface area contributed by atoms with Crippen LogP contribution in [0.5, 0.6) is 11.5 Å². The van der Waals surface area contributed by atoms with Gasteiger partial charge in [-0.3, -0.25) is 0 Å². The van der Waals surface area contributed by atoms with E-state index in [1.165, 1.54) is 12.1 Å². The molecule has 3 heteroatoms. The number of rotatable bonds is 4. The number of benzene rings is 2. The van der Waals surface area contributed by atoms with Crippen LogP contribution in [0.3, 0.4) is 0 Å². The van der Waals surface area contributed by atoms with Gasteiger partial charge in [0, 0.05) is 12.1 Å². The van der Waals surface area contributed by atoms with Crippen molar-refractivity contribution >= 4 is 0 Å². The molecule has 1 unspecified atom stereocenters. The van der Waals surface area contributed by atoms with E-state index >= 15 is 0 Å². The number of nitrogens with two attached hydrogens (primary N) is 1. The second-order valence-electron chi connectivity index (χ2n) is 4.60. The molecule has 2 nitrogen and oxygen atoms in total. The summed E-state index contributed by atoms with van der Waals surface area (Å²) in [6, 6.07) is 12.1. The van der Waals surface area contributed by atoms with E-state index in [1.54, 1.807) is 6.07 Å². The van der Waals surface area contributed by atoms with Crippen LogP contribution in [0.2, 0.25) is 0 Å². The van der Waals surface area contributed by atoms with Crippen LogP contribution in [0.15, 0.2) is 42.5 Å². The Balaban J connectivity index is 2.26. The fraction of sp³-hybridized carbons (Fsp3) is 0.250. The van der Waals surface area contributed by atoms with Crippen molar-refractivity contribution in [3.05, 3.63) is 59.4 Å². The minimum atomic E-state index is -0.304. The molecule has 0 aliphatic carbocycles. The molecule has 0 heterocycles. The Kier molecular flexibility index (Phi) is 4.17. The monoisotopic (exact) mass is 259 g/mol. The van der Waals surface area contributed by atoms with E-state index in [9.17, 15) is 4.39 Å². The molecule has 0 saturated carbocycles. The molecule has 0 spiro atoms. The molecule has 100 valence electrons. The number of halogens is 1. The zero-order chi connectivity index (χ0) is 13.8. The van der Waals surface area contributed by atoms with Crippen molar-refractivity contribution in [2.45, 2.75) is 26.3 Å². The van der Waals surface area contributed by atoms with E-state index in [0.717, 1.165) is 17.5 Å². The molecule has 0 radical (unpaired) electrons. The van der Waals surface area contributed by atoms with Gasteiger partial charge in [0.2, 0.25) is 0 Å². The van der Waals surface area contributed by atoms with E-state index in [4.69, 9.17) is 10.5 Å². The highest BCUT2D eigenvalue weighted by atomic mass is 19.1. The van der Waals surface area contributed by atoms with Crippen LogP contribution in [0, 0.1) is 12.7 Å². The quantitative estimate of drug-likeness (QED) is 0.886. The molecule has 2 N–H and O–H groups in total. The summed E-state index contributed by atoms with van der Waals surface area (Å²) in [7, 11) is 0. The molecule has 0 aromatic heterocycles. The van der Waals surface area contributed by atoms with Gasteiger partial charge in [0.1, 0.15) is 17.3 Å². The zero-order valence-electron chi connectivity index (χ0n) is 11.2. The summed E-state index contributed by atoms with van der Waals surface area (Å²) in [5, 5.41) is 0. The van der Waals surface area contributed by atoms with Crippen molar-refractivity contribution in [2.75, 3.05) is 0 Å². The largest absolute Gasteiger partial charge is 0.457 e. The minimum absolute atomic E-state index is 0.00263. The summed E-state index contributed by atoms with van der Waals surface area (Å²) in [5.41, 5.74) is 7.91. The molecule has 0 amide bonds. The molecule has 0 saturated heterocycles. The average Bonchev–Trinajstić information content (AvgIpc) is 2.42. The van der Waals surface area contributed by atoms with Crippen molar-refractivity contribution in [1.29, 1.82) is 0 Å². The molecule has 1 atom stereocenters. The zero-order valence-corrected chi connectivity index (χ0v) is 11.2. The lowest BCUT2D eigenvalue weighted by atomic mass is 10.1. The smallest absolute Gasteiger partial charge is 0.133 e. The number of hydrogen-bond acceptors (Lipinski definition) is 2. The Morgan fingerprint density at radius 1 is 1.21 bits per heavy atom. The van der Waals surface area contributed by atoms with Gasteiger partial charge in [-0.15, -0.1) is 0 Å². The van der Waals surface area contributed by atoms with Gasteiger partial charge in [-0.2, -0.15) is 0 Å². The van der Waals surface area contributed by atoms with Crippen LogP contribution < -0.4 is 10.5 Å². The first-order chi connectivity index (χ1) is 9.10. The second kappa shape index (κ2) is 5.85. The summed E-state index contributed by atoms with van der Waals surface area (Å²) in [6.07, 6.45) is 0.864. The maximum Gasteiger partial charge on any atom is 0.133 e. The Labute approximate surface area is 113 Å². The third kappa shape index (κ3) is 3.32. The molecular weight excluding hydrogens is 241 g/mol. The van der Waals surface area contributed by atoms with Gasteiger partial charge < -0.3 is 10.5 Å². The SMILES string of the molecule is CCC(N)c1cccc(Oc2cc(F)ccc2C)c1. The van der Waals surface area contributed by atoms with Crippen LogP contribution in [0.25, 0.3) is 0 Å². The fourth-order valence-corrected chi connectivity index (χ4v) is 1.86. The third-order valence-corrected chi connectivity index (χ3v) is 3.10. The molecule has 2 rings (SSSR count). The van der Waals surface area contributed by atoms with Crippen molar-refractivity contribution in [3.63, 3.8) is 0 Å². The molecule has 2 aromatic rings. The first-order valence-electron chi connectivity index (χ1n) is 6.39. The van der Waals surface area contributed by atoms with Gasteiger partial charge >= 0.3 is 0 Å². The molecule has 0 aliphatic rings. The van der Waals surface area contributed by atoms with E-state index < -0.39 is 0 Å². The van der Waals surface area contributed by atoms with Crippen molar-refractivity contribution in [2.24, 2.45) is 5.73 Å². The second-order valence-corrected chi connectivity index (χ2v) is 4.60. The maximum atomic E-state index is 13.2. The lowest BCUT2D eigenvalue weighted by Gasteiger charge is -2.13. The first kappa shape index (κ1) is 13.6. The Hall–Kier alpha value is -1.87. The van der Waals surface area contributed by atoms with E-state index in [2.05, 4.69) is 0 Å². The van der Waals surface area contributed by atoms with Crippen LogP contribution in [-0.2, 0) is 0 Å². The van der Waals surface area contributed by atoms with Crippen molar-refractivity contribution in [1.82, 2.24) is 0 Å². The third-order valence-electron chi connectivity index (χ3n) is 3.10. The predicted molar refractivity (Wildman–Crippen MR) is 74.9 cm³/mol. The standard InChI is InChI=1S/C16H18FNO/c1-3-15(18)12-5-4-6-14(9-12)19-16-10-13(17)8-7-11(16)2/h4-10,15H,3,18H2,1-2H3. The lowest BCUT2D eigenvalue weighted by Crippen LogP contribution is -2.08. The summed E-state index contributed by atoms with van der Waals surface area (Å²) >= 11 is 0. The van der Waals surface area contributed by atoms with Crippen LogP contribution in [-0.4, -0.2) is 0 Å². The van der Waals surface area contributed by atoms with Gasteiger partial charge in [0.15, 0.2) is 0 Å². The number of ether oxygens (including phenoxy) is 1. The number of hydrogen-bond donors (Lipinski definition) is 1. The minimum Gasteiger partial charge on any atom is -0.457 e. The summed E-state index contributed by atoms with van der Waals surface area (Å²) in [4.78, 5) is 0. The summed E-state index contributed by atoms with van der Waals surface area (Å²) in [5.74, 6) is 0.902. The molecule has 19 heavy (non-hydrogen) atoms. The lowest BCUT2D eigenvalue weighted by molar-refractivity contribution is 0.471. The van der Waals surface area contributed by atoms with Gasteiger partial charge in [0.25, 0.3) is 0 Å². The highest BCUT2D eigenvalue weighted by molar-refractivity contribution is 5.39. The highest BCUT2D eigenvalue weighted by Gasteiger charge is 2.07. The van der Waals surface area contributed by atoms with Crippen LogP contribution >= 0.6 is 0 Å². The highest BCUT2D eigenvalue weighted by Crippen LogP contribution is 2.27. The number of aryl methyl sites for hydroxylation is 1. The van der Waals surface area contributed by atoms with Crippen LogP contribution in [0.1, 0.15) is 30.5 Å². The molecule has 0 fully saturated rings. The first-order valence-corrected chi connectivity index (χ1v) is 6.39. The Morgan fingerprint density at radius 2 is 2.00 bits per heavy atom. The fourth-order valence-electron chi connectivity index (χ4n) is 1.86. The Morgan fingerprint density at radius 3 is 2.74 bits per heavy atom. The topological polar surface area (TPSA) is 35.2 Å².